The van der Waals surface area contributed by atoms with E-state index in [0.717, 1.165) is 32.5 Å². The van der Waals surface area contributed by atoms with Gasteiger partial charge >= 0.3 is 0 Å². The van der Waals surface area contributed by atoms with Crippen LogP contribution in [0.1, 0.15) is 40.5 Å². The van der Waals surface area contributed by atoms with Gasteiger partial charge in [-0.05, 0) is 32.6 Å². The molecule has 0 saturated carbocycles. The normalized spacial score (nSPS) is 26.8. The molecular formula is C19H38Cl2N4O3. The predicted octanol–water partition coefficient (Wildman–Crippen LogP) is 1.28. The molecule has 2 amide bonds. The number of halogens is 2. The minimum atomic E-state index is -0.158. The second-order valence-corrected chi connectivity index (χ2v) is 8.10. The van der Waals surface area contributed by atoms with Gasteiger partial charge in [-0.25, -0.2) is 0 Å². The molecule has 7 nitrogen and oxygen atoms in total. The maximum Gasteiger partial charge on any atom is 0.240 e. The molecule has 2 heterocycles. The Bertz CT molecular complexity index is 486. The molecule has 28 heavy (non-hydrogen) atoms. The number of piperidine rings is 1. The molecular weight excluding hydrogens is 403 g/mol. The fraction of sp³-hybridized carbons (Fsp3) is 0.895. The quantitative estimate of drug-likeness (QED) is 0.649. The zero-order valence-corrected chi connectivity index (χ0v) is 19.2. The summed E-state index contributed by atoms with van der Waals surface area (Å²) in [6, 6.07) is -0.158. The van der Waals surface area contributed by atoms with E-state index in [1.807, 2.05) is 4.90 Å². The van der Waals surface area contributed by atoms with Gasteiger partial charge in [-0.15, -0.1) is 24.8 Å². The predicted molar refractivity (Wildman–Crippen MR) is 116 cm³/mol. The standard InChI is InChI=1S/C19H36N4O3.2ClH/c1-13(2)17(23-10-14(3)26-15(4)11-23)19(25)22-9-5-6-16(12-22)18(24)21-8-7-20;;/h13-17H,5-12,20H2,1-4H3,(H,21,24);2*1H. The van der Waals surface area contributed by atoms with Crippen LogP contribution in [0.2, 0.25) is 0 Å². The molecule has 2 rings (SSSR count). The Balaban J connectivity index is 0.00000364. The Labute approximate surface area is 181 Å². The number of amides is 2. The van der Waals surface area contributed by atoms with E-state index in [4.69, 9.17) is 10.5 Å². The summed E-state index contributed by atoms with van der Waals surface area (Å²) < 4.78 is 5.83. The van der Waals surface area contributed by atoms with E-state index in [2.05, 4.69) is 37.9 Å². The van der Waals surface area contributed by atoms with Crippen molar-refractivity contribution in [3.05, 3.63) is 0 Å². The molecule has 0 spiro atoms. The number of likely N-dealkylation sites (tertiary alicyclic amines) is 1. The number of morpholine rings is 1. The first-order chi connectivity index (χ1) is 12.3. The highest BCUT2D eigenvalue weighted by atomic mass is 35.5. The lowest BCUT2D eigenvalue weighted by molar-refractivity contribution is -0.148. The highest BCUT2D eigenvalue weighted by molar-refractivity contribution is 5.86. The molecule has 0 bridgehead atoms. The monoisotopic (exact) mass is 440 g/mol. The molecule has 9 heteroatoms. The second kappa shape index (κ2) is 12.9. The maximum absolute atomic E-state index is 13.3. The first kappa shape index (κ1) is 27.4. The number of rotatable bonds is 6. The van der Waals surface area contributed by atoms with Gasteiger partial charge in [-0.1, -0.05) is 13.8 Å². The number of nitrogens with one attached hydrogen (secondary N) is 1. The van der Waals surface area contributed by atoms with Crippen LogP contribution in [-0.4, -0.2) is 79.1 Å². The van der Waals surface area contributed by atoms with Gasteiger partial charge in [-0.3, -0.25) is 14.5 Å². The number of hydrogen-bond acceptors (Lipinski definition) is 5. The average molecular weight is 441 g/mol. The molecule has 3 N–H and O–H groups in total. The zero-order valence-electron chi connectivity index (χ0n) is 17.6. The highest BCUT2D eigenvalue weighted by Crippen LogP contribution is 2.23. The molecule has 2 aliphatic rings. The SMILES string of the molecule is CC1CN(C(C(=O)N2CCCC(C(=O)NCCN)C2)C(C)C)CC(C)O1.Cl.Cl. The average Bonchev–Trinajstić information content (AvgIpc) is 2.58. The Morgan fingerprint density at radius 2 is 1.75 bits per heavy atom. The first-order valence-corrected chi connectivity index (χ1v) is 9.99. The summed E-state index contributed by atoms with van der Waals surface area (Å²) in [5.41, 5.74) is 5.46. The Morgan fingerprint density at radius 1 is 1.14 bits per heavy atom. The summed E-state index contributed by atoms with van der Waals surface area (Å²) in [6.07, 6.45) is 1.96. The topological polar surface area (TPSA) is 87.9 Å². The van der Waals surface area contributed by atoms with Crippen LogP contribution in [0.5, 0.6) is 0 Å². The Kier molecular flexibility index (Phi) is 12.6. The molecule has 0 aromatic heterocycles. The van der Waals surface area contributed by atoms with E-state index in [-0.39, 0.29) is 66.7 Å². The second-order valence-electron chi connectivity index (χ2n) is 8.10. The molecule has 4 unspecified atom stereocenters. The molecule has 166 valence electrons. The maximum atomic E-state index is 13.3. The van der Waals surface area contributed by atoms with Crippen molar-refractivity contribution >= 4 is 36.6 Å². The molecule has 4 atom stereocenters. The summed E-state index contributed by atoms with van der Waals surface area (Å²) in [4.78, 5) is 29.8. The van der Waals surface area contributed by atoms with Crippen molar-refractivity contribution in [2.75, 3.05) is 39.3 Å². The van der Waals surface area contributed by atoms with Crippen LogP contribution in [0.4, 0.5) is 0 Å². The summed E-state index contributed by atoms with van der Waals surface area (Å²) in [5.74, 6) is 0.251. The van der Waals surface area contributed by atoms with Crippen molar-refractivity contribution in [1.82, 2.24) is 15.1 Å². The van der Waals surface area contributed by atoms with E-state index in [1.54, 1.807) is 0 Å². The van der Waals surface area contributed by atoms with Gasteiger partial charge in [0.2, 0.25) is 11.8 Å². The largest absolute Gasteiger partial charge is 0.373 e. The summed E-state index contributed by atoms with van der Waals surface area (Å²) in [7, 11) is 0. The van der Waals surface area contributed by atoms with Gasteiger partial charge in [0.05, 0.1) is 24.2 Å². The minimum absolute atomic E-state index is 0. The van der Waals surface area contributed by atoms with Crippen LogP contribution in [0, 0.1) is 11.8 Å². The van der Waals surface area contributed by atoms with Crippen LogP contribution in [0.15, 0.2) is 0 Å². The number of nitrogens with two attached hydrogens (primary N) is 1. The minimum Gasteiger partial charge on any atom is -0.373 e. The molecule has 0 aromatic carbocycles. The van der Waals surface area contributed by atoms with Crippen molar-refractivity contribution in [2.45, 2.75) is 58.8 Å². The summed E-state index contributed by atoms with van der Waals surface area (Å²) in [5, 5.41) is 2.86. The van der Waals surface area contributed by atoms with E-state index < -0.39 is 0 Å². The van der Waals surface area contributed by atoms with E-state index in [0.29, 0.717) is 19.6 Å². The third-order valence-corrected chi connectivity index (χ3v) is 5.27. The summed E-state index contributed by atoms with van der Waals surface area (Å²) >= 11 is 0. The van der Waals surface area contributed by atoms with Crippen LogP contribution in [0.25, 0.3) is 0 Å². The van der Waals surface area contributed by atoms with Crippen molar-refractivity contribution in [3.8, 4) is 0 Å². The zero-order chi connectivity index (χ0) is 19.3. The third kappa shape index (κ3) is 7.34. The Morgan fingerprint density at radius 3 is 2.29 bits per heavy atom. The lowest BCUT2D eigenvalue weighted by atomic mass is 9.94. The van der Waals surface area contributed by atoms with Gasteiger partial charge in [0.15, 0.2) is 0 Å². The van der Waals surface area contributed by atoms with Crippen LogP contribution < -0.4 is 11.1 Å². The summed E-state index contributed by atoms with van der Waals surface area (Å²) in [6.45, 7) is 12.0. The lowest BCUT2D eigenvalue weighted by Gasteiger charge is -2.43. The van der Waals surface area contributed by atoms with E-state index in [1.165, 1.54) is 0 Å². The highest BCUT2D eigenvalue weighted by Gasteiger charge is 2.38. The van der Waals surface area contributed by atoms with Gasteiger partial charge in [-0.2, -0.15) is 0 Å². The number of hydrogen-bond donors (Lipinski definition) is 2. The number of ether oxygens (including phenoxy) is 1. The van der Waals surface area contributed by atoms with Crippen molar-refractivity contribution in [2.24, 2.45) is 17.6 Å². The van der Waals surface area contributed by atoms with Gasteiger partial charge in [0.25, 0.3) is 0 Å². The van der Waals surface area contributed by atoms with Crippen LogP contribution >= 0.6 is 24.8 Å². The van der Waals surface area contributed by atoms with Crippen LogP contribution in [-0.2, 0) is 14.3 Å². The molecule has 2 saturated heterocycles. The number of carbonyl (C=O) groups excluding carboxylic acids is 2. The number of carbonyl (C=O) groups is 2. The fourth-order valence-corrected chi connectivity index (χ4v) is 4.23. The fourth-order valence-electron chi connectivity index (χ4n) is 4.23. The molecule has 0 aliphatic carbocycles. The third-order valence-electron chi connectivity index (χ3n) is 5.27. The molecule has 2 aliphatic heterocycles. The first-order valence-electron chi connectivity index (χ1n) is 9.99. The van der Waals surface area contributed by atoms with Gasteiger partial charge < -0.3 is 20.7 Å². The molecule has 2 fully saturated rings. The van der Waals surface area contributed by atoms with Gasteiger partial charge in [0, 0.05) is 39.3 Å². The van der Waals surface area contributed by atoms with Crippen LogP contribution in [0.3, 0.4) is 0 Å². The molecule has 0 radical (unpaired) electrons. The molecule has 0 aromatic rings. The van der Waals surface area contributed by atoms with E-state index in [9.17, 15) is 9.59 Å². The van der Waals surface area contributed by atoms with Gasteiger partial charge in [0.1, 0.15) is 0 Å². The van der Waals surface area contributed by atoms with Crippen molar-refractivity contribution < 1.29 is 14.3 Å². The number of nitrogens with zero attached hydrogens (tertiary/aromatic N) is 2. The Hall–Kier alpha value is -0.600. The van der Waals surface area contributed by atoms with E-state index >= 15 is 0 Å². The lowest BCUT2D eigenvalue weighted by Crippen LogP contribution is -2.59. The van der Waals surface area contributed by atoms with Crippen molar-refractivity contribution in [1.29, 1.82) is 0 Å². The smallest absolute Gasteiger partial charge is 0.240 e. The van der Waals surface area contributed by atoms with Crippen molar-refractivity contribution in [3.63, 3.8) is 0 Å².